The van der Waals surface area contributed by atoms with Crippen LogP contribution in [-0.4, -0.2) is 23.3 Å². The van der Waals surface area contributed by atoms with Crippen molar-refractivity contribution in [2.75, 3.05) is 6.54 Å². The maximum absolute atomic E-state index is 7.30. The van der Waals surface area contributed by atoms with E-state index in [1.165, 1.54) is 12.8 Å². The molecular weight excluding hydrogens is 234 g/mol. The Morgan fingerprint density at radius 2 is 2.12 bits per heavy atom. The topological polar surface area (TPSA) is 53.1 Å². The van der Waals surface area contributed by atoms with Crippen molar-refractivity contribution in [3.63, 3.8) is 0 Å². The zero-order valence-electron chi connectivity index (χ0n) is 9.82. The van der Waals surface area contributed by atoms with E-state index >= 15 is 0 Å². The quantitative estimate of drug-likeness (QED) is 0.603. The third-order valence-electron chi connectivity index (χ3n) is 3.06. The maximum atomic E-state index is 7.30. The summed E-state index contributed by atoms with van der Waals surface area (Å²) < 4.78 is 0. The second kappa shape index (κ2) is 5.52. The molecule has 0 unspecified atom stereocenters. The van der Waals surface area contributed by atoms with Gasteiger partial charge in [0.1, 0.15) is 0 Å². The number of nitrogens with two attached hydrogens (primary N) is 1. The highest BCUT2D eigenvalue weighted by molar-refractivity contribution is 6.31. The Morgan fingerprint density at radius 3 is 2.71 bits per heavy atom. The predicted molar refractivity (Wildman–Crippen MR) is 71.4 cm³/mol. The fourth-order valence-electron chi connectivity index (χ4n) is 1.94. The van der Waals surface area contributed by atoms with Crippen molar-refractivity contribution >= 4 is 17.4 Å². The van der Waals surface area contributed by atoms with Crippen molar-refractivity contribution in [3.8, 4) is 0 Å². The van der Waals surface area contributed by atoms with Gasteiger partial charge in [0, 0.05) is 30.6 Å². The van der Waals surface area contributed by atoms with Gasteiger partial charge < -0.3 is 5.73 Å². The van der Waals surface area contributed by atoms with Crippen LogP contribution in [-0.2, 0) is 6.54 Å². The van der Waals surface area contributed by atoms with Crippen LogP contribution in [0.25, 0.3) is 0 Å². The van der Waals surface area contributed by atoms with Crippen LogP contribution in [0.5, 0.6) is 0 Å². The molecule has 0 amide bonds. The first-order valence-corrected chi connectivity index (χ1v) is 6.35. The zero-order valence-corrected chi connectivity index (χ0v) is 10.6. The Hall–Kier alpha value is -1.06. The molecule has 1 aliphatic rings. The van der Waals surface area contributed by atoms with Crippen LogP contribution in [0.15, 0.2) is 24.3 Å². The van der Waals surface area contributed by atoms with Crippen LogP contribution >= 0.6 is 11.6 Å². The van der Waals surface area contributed by atoms with Crippen molar-refractivity contribution < 1.29 is 0 Å². The number of amidine groups is 1. The van der Waals surface area contributed by atoms with Gasteiger partial charge in [-0.25, -0.2) is 0 Å². The summed E-state index contributed by atoms with van der Waals surface area (Å²) in [7, 11) is 0. The molecule has 17 heavy (non-hydrogen) atoms. The summed E-state index contributed by atoms with van der Waals surface area (Å²) in [6.45, 7) is 1.71. The Morgan fingerprint density at radius 1 is 1.41 bits per heavy atom. The van der Waals surface area contributed by atoms with Crippen molar-refractivity contribution in [2.45, 2.75) is 31.8 Å². The number of hydrogen-bond donors (Lipinski definition) is 2. The van der Waals surface area contributed by atoms with Gasteiger partial charge in [-0.3, -0.25) is 10.3 Å². The second-order valence-corrected chi connectivity index (χ2v) is 4.98. The van der Waals surface area contributed by atoms with E-state index in [4.69, 9.17) is 22.7 Å². The molecule has 0 saturated heterocycles. The molecule has 1 fully saturated rings. The average molecular weight is 252 g/mol. The summed E-state index contributed by atoms with van der Waals surface area (Å²) in [6, 6.07) is 8.60. The zero-order chi connectivity index (χ0) is 12.3. The third kappa shape index (κ3) is 3.72. The van der Waals surface area contributed by atoms with Gasteiger partial charge in [0.15, 0.2) is 0 Å². The lowest BCUT2D eigenvalue weighted by Gasteiger charge is -2.22. The van der Waals surface area contributed by atoms with Gasteiger partial charge >= 0.3 is 0 Å². The Balaban J connectivity index is 1.97. The van der Waals surface area contributed by atoms with E-state index in [1.807, 2.05) is 18.2 Å². The minimum absolute atomic E-state index is 0.259. The average Bonchev–Trinajstić information content (AvgIpc) is 3.10. The standard InChI is InChI=1S/C13H18ClN3/c14-12-4-2-1-3-10(12)9-17(11-5-6-11)8-7-13(15)16/h1-4,11H,5-9H2,(H3,15,16). The number of nitrogens with one attached hydrogen (secondary N) is 1. The lowest BCUT2D eigenvalue weighted by Crippen LogP contribution is -2.29. The summed E-state index contributed by atoms with van der Waals surface area (Å²) in [4.78, 5) is 2.38. The smallest absolute Gasteiger partial charge is 0.0918 e. The molecule has 0 atom stereocenters. The van der Waals surface area contributed by atoms with Crippen molar-refractivity contribution in [1.29, 1.82) is 5.41 Å². The third-order valence-corrected chi connectivity index (χ3v) is 3.43. The van der Waals surface area contributed by atoms with Gasteiger partial charge in [0.25, 0.3) is 0 Å². The SMILES string of the molecule is N=C(N)CCN(Cc1ccccc1Cl)C1CC1. The van der Waals surface area contributed by atoms with E-state index < -0.39 is 0 Å². The van der Waals surface area contributed by atoms with Gasteiger partial charge in [-0.1, -0.05) is 29.8 Å². The summed E-state index contributed by atoms with van der Waals surface area (Å²) >= 11 is 6.16. The highest BCUT2D eigenvalue weighted by Crippen LogP contribution is 2.29. The van der Waals surface area contributed by atoms with Gasteiger partial charge in [0.2, 0.25) is 0 Å². The molecule has 3 N–H and O–H groups in total. The van der Waals surface area contributed by atoms with Gasteiger partial charge in [-0.2, -0.15) is 0 Å². The van der Waals surface area contributed by atoms with E-state index in [2.05, 4.69) is 11.0 Å². The first-order valence-electron chi connectivity index (χ1n) is 5.97. The van der Waals surface area contributed by atoms with Crippen LogP contribution in [0.4, 0.5) is 0 Å². The molecule has 1 aromatic rings. The van der Waals surface area contributed by atoms with Crippen LogP contribution in [0.1, 0.15) is 24.8 Å². The van der Waals surface area contributed by atoms with Crippen molar-refractivity contribution in [2.24, 2.45) is 5.73 Å². The van der Waals surface area contributed by atoms with E-state index in [0.717, 1.165) is 23.7 Å². The minimum atomic E-state index is 0.259. The summed E-state index contributed by atoms with van der Waals surface area (Å²) in [5, 5.41) is 8.12. The molecule has 0 radical (unpaired) electrons. The van der Waals surface area contributed by atoms with Crippen LogP contribution < -0.4 is 5.73 Å². The number of benzene rings is 1. The van der Waals surface area contributed by atoms with Crippen LogP contribution in [0, 0.1) is 5.41 Å². The maximum Gasteiger partial charge on any atom is 0.0918 e. The highest BCUT2D eigenvalue weighted by atomic mass is 35.5. The molecule has 0 aromatic heterocycles. The molecule has 3 nitrogen and oxygen atoms in total. The molecule has 92 valence electrons. The Bertz CT molecular complexity index is 401. The molecular formula is C13H18ClN3. The number of hydrogen-bond acceptors (Lipinski definition) is 2. The summed E-state index contributed by atoms with van der Waals surface area (Å²) in [5.41, 5.74) is 6.57. The van der Waals surface area contributed by atoms with Gasteiger partial charge in [-0.15, -0.1) is 0 Å². The van der Waals surface area contributed by atoms with E-state index in [1.54, 1.807) is 0 Å². The molecule has 1 aliphatic carbocycles. The Kier molecular flexibility index (Phi) is 4.02. The van der Waals surface area contributed by atoms with Gasteiger partial charge in [-0.05, 0) is 24.5 Å². The molecule has 4 heteroatoms. The number of halogens is 1. The second-order valence-electron chi connectivity index (χ2n) is 4.57. The van der Waals surface area contributed by atoms with E-state index in [9.17, 15) is 0 Å². The van der Waals surface area contributed by atoms with Crippen LogP contribution in [0.2, 0.25) is 5.02 Å². The fraction of sp³-hybridized carbons (Fsp3) is 0.462. The molecule has 0 heterocycles. The molecule has 1 aromatic carbocycles. The summed E-state index contributed by atoms with van der Waals surface area (Å²) in [5.74, 6) is 0.259. The Labute approximate surface area is 107 Å². The fourth-order valence-corrected chi connectivity index (χ4v) is 2.14. The van der Waals surface area contributed by atoms with E-state index in [0.29, 0.717) is 12.5 Å². The van der Waals surface area contributed by atoms with Gasteiger partial charge in [0.05, 0.1) is 5.84 Å². The normalized spacial score (nSPS) is 15.2. The molecule has 1 saturated carbocycles. The predicted octanol–water partition coefficient (Wildman–Crippen LogP) is 2.63. The molecule has 0 spiro atoms. The van der Waals surface area contributed by atoms with Crippen molar-refractivity contribution in [3.05, 3.63) is 34.9 Å². The molecule has 2 rings (SSSR count). The lowest BCUT2D eigenvalue weighted by molar-refractivity contribution is 0.262. The number of nitrogens with zero attached hydrogens (tertiary/aromatic N) is 1. The van der Waals surface area contributed by atoms with Crippen LogP contribution in [0.3, 0.4) is 0 Å². The highest BCUT2D eigenvalue weighted by Gasteiger charge is 2.28. The largest absolute Gasteiger partial charge is 0.388 e. The molecule has 0 aliphatic heterocycles. The summed E-state index contributed by atoms with van der Waals surface area (Å²) in [6.07, 6.45) is 3.14. The van der Waals surface area contributed by atoms with E-state index in [-0.39, 0.29) is 5.84 Å². The first-order chi connectivity index (χ1) is 8.16. The molecule has 0 bridgehead atoms. The lowest BCUT2D eigenvalue weighted by atomic mass is 10.2. The monoisotopic (exact) mass is 251 g/mol. The van der Waals surface area contributed by atoms with Crippen molar-refractivity contribution in [1.82, 2.24) is 4.90 Å². The minimum Gasteiger partial charge on any atom is -0.388 e. The number of rotatable bonds is 6. The first kappa shape index (κ1) is 12.4.